The normalized spacial score (nSPS) is 13.0. The smallest absolute Gasteiger partial charge is 0.0544 e. The second-order valence-electron chi connectivity index (χ2n) is 13.6. The summed E-state index contributed by atoms with van der Waals surface area (Å²) in [4.78, 5) is 0. The van der Waals surface area contributed by atoms with Gasteiger partial charge in [0.15, 0.2) is 0 Å². The molecule has 0 fully saturated rings. The van der Waals surface area contributed by atoms with Crippen molar-refractivity contribution < 1.29 is 0 Å². The highest BCUT2D eigenvalue weighted by atomic mass is 15.0. The van der Waals surface area contributed by atoms with Gasteiger partial charge < -0.3 is 4.57 Å². The summed E-state index contributed by atoms with van der Waals surface area (Å²) in [6.45, 7) is 20.8. The molecule has 0 bridgehead atoms. The lowest BCUT2D eigenvalue weighted by atomic mass is 9.80. The van der Waals surface area contributed by atoms with Crippen molar-refractivity contribution in [1.82, 2.24) is 4.57 Å². The molecule has 0 spiro atoms. The van der Waals surface area contributed by atoms with Crippen LogP contribution >= 0.6 is 0 Å². The second-order valence-corrected chi connectivity index (χ2v) is 13.6. The number of fused-ring (bicyclic) bond motifs is 3. The molecule has 0 saturated carbocycles. The van der Waals surface area contributed by atoms with E-state index < -0.39 is 0 Å². The summed E-state index contributed by atoms with van der Waals surface area (Å²) in [6.07, 6.45) is 0. The molecule has 0 radical (unpaired) electrons. The molecule has 0 amide bonds. The van der Waals surface area contributed by atoms with Crippen LogP contribution in [0.2, 0.25) is 0 Å². The first-order chi connectivity index (χ1) is 17.3. The topological polar surface area (TPSA) is 4.93 Å². The Kier molecular flexibility index (Phi) is 5.90. The van der Waals surface area contributed by atoms with E-state index in [4.69, 9.17) is 0 Å². The van der Waals surface area contributed by atoms with E-state index in [9.17, 15) is 0 Å². The molecule has 190 valence electrons. The van der Waals surface area contributed by atoms with E-state index in [-0.39, 0.29) is 16.2 Å². The minimum atomic E-state index is -0.0440. The van der Waals surface area contributed by atoms with Crippen LogP contribution in [0.15, 0.2) is 84.9 Å². The monoisotopic (exact) mass is 487 g/mol. The van der Waals surface area contributed by atoms with Crippen molar-refractivity contribution in [3.63, 3.8) is 0 Å². The number of rotatable bonds is 2. The first kappa shape index (κ1) is 25.3. The Morgan fingerprint density at radius 1 is 0.486 bits per heavy atom. The van der Waals surface area contributed by atoms with Gasteiger partial charge in [-0.3, -0.25) is 0 Å². The van der Waals surface area contributed by atoms with Crippen LogP contribution in [0.1, 0.15) is 79.0 Å². The lowest BCUT2D eigenvalue weighted by Crippen LogP contribution is -2.17. The zero-order chi connectivity index (χ0) is 26.8. The molecule has 5 rings (SSSR count). The first-order valence-electron chi connectivity index (χ1n) is 13.6. The Balaban J connectivity index is 1.94. The van der Waals surface area contributed by atoms with Gasteiger partial charge in [-0.2, -0.15) is 0 Å². The number of nitrogens with zero attached hydrogens (tertiary/aromatic N) is 1. The zero-order valence-electron chi connectivity index (χ0n) is 24.0. The summed E-state index contributed by atoms with van der Waals surface area (Å²) in [5.41, 5.74) is 10.6. The van der Waals surface area contributed by atoms with Gasteiger partial charge in [0.1, 0.15) is 0 Å². The fourth-order valence-corrected chi connectivity index (χ4v) is 5.59. The molecule has 0 atom stereocenters. The molecular weight excluding hydrogens is 446 g/mol. The fraction of sp³-hybridized carbons (Fsp3) is 0.333. The predicted molar refractivity (Wildman–Crippen MR) is 162 cm³/mol. The number of hydrogen-bond acceptors (Lipinski definition) is 0. The van der Waals surface area contributed by atoms with Crippen LogP contribution in [0.3, 0.4) is 0 Å². The summed E-state index contributed by atoms with van der Waals surface area (Å²) < 4.78 is 2.53. The number of hydrogen-bond donors (Lipinski definition) is 0. The van der Waals surface area contributed by atoms with Crippen molar-refractivity contribution in [3.8, 4) is 16.8 Å². The van der Waals surface area contributed by atoms with Gasteiger partial charge in [-0.1, -0.05) is 123 Å². The van der Waals surface area contributed by atoms with Crippen molar-refractivity contribution in [1.29, 1.82) is 0 Å². The highest BCUT2D eigenvalue weighted by Gasteiger charge is 2.27. The first-order valence-corrected chi connectivity index (χ1v) is 13.6. The maximum absolute atomic E-state index is 2.53. The summed E-state index contributed by atoms with van der Waals surface area (Å²) >= 11 is 0. The van der Waals surface area contributed by atoms with Crippen LogP contribution in [0, 0.1) is 0 Å². The maximum Gasteiger partial charge on any atom is 0.0544 e. The van der Waals surface area contributed by atoms with E-state index in [1.165, 1.54) is 55.3 Å². The standard InChI is InChI=1S/C36H41N/c1-34(2,3)25-19-21-30-29(22-25)28-20-18-26(35(4,5)6)23-32(28)37(30)31-17-13-16-27(33(31)36(7,8)9)24-14-11-10-12-15-24/h10-23H,1-9H3. The van der Waals surface area contributed by atoms with Crippen molar-refractivity contribution >= 4 is 21.8 Å². The fourth-order valence-electron chi connectivity index (χ4n) is 5.59. The van der Waals surface area contributed by atoms with Crippen LogP contribution in [-0.4, -0.2) is 4.57 Å². The van der Waals surface area contributed by atoms with E-state index >= 15 is 0 Å². The van der Waals surface area contributed by atoms with E-state index in [0.717, 1.165) is 0 Å². The molecule has 1 nitrogen and oxygen atoms in total. The third-order valence-corrected chi connectivity index (χ3v) is 7.62. The minimum absolute atomic E-state index is 0.0440. The third kappa shape index (κ3) is 4.50. The molecule has 0 aliphatic rings. The molecule has 0 aliphatic carbocycles. The highest BCUT2D eigenvalue weighted by Crippen LogP contribution is 2.42. The van der Waals surface area contributed by atoms with Crippen molar-refractivity contribution in [2.24, 2.45) is 0 Å². The summed E-state index contributed by atoms with van der Waals surface area (Å²) in [5, 5.41) is 2.65. The van der Waals surface area contributed by atoms with Gasteiger partial charge in [-0.05, 0) is 68.3 Å². The predicted octanol–water partition coefficient (Wildman–Crippen LogP) is 10.3. The third-order valence-electron chi connectivity index (χ3n) is 7.62. The van der Waals surface area contributed by atoms with E-state index in [2.05, 4.69) is 152 Å². The Bertz CT molecular complexity index is 1590. The molecule has 5 aromatic rings. The van der Waals surface area contributed by atoms with E-state index in [0.29, 0.717) is 0 Å². The second kappa shape index (κ2) is 8.62. The lowest BCUT2D eigenvalue weighted by molar-refractivity contribution is 0.588. The average molecular weight is 488 g/mol. The van der Waals surface area contributed by atoms with Gasteiger partial charge >= 0.3 is 0 Å². The zero-order valence-corrected chi connectivity index (χ0v) is 24.0. The summed E-state index contributed by atoms with van der Waals surface area (Å²) in [5.74, 6) is 0. The van der Waals surface area contributed by atoms with Crippen LogP contribution in [-0.2, 0) is 16.2 Å². The van der Waals surface area contributed by atoms with E-state index in [1.807, 2.05) is 0 Å². The van der Waals surface area contributed by atoms with Crippen molar-refractivity contribution in [2.45, 2.75) is 78.6 Å². The molecule has 1 heteroatoms. The van der Waals surface area contributed by atoms with Gasteiger partial charge in [0, 0.05) is 10.8 Å². The van der Waals surface area contributed by atoms with Crippen LogP contribution in [0.5, 0.6) is 0 Å². The molecule has 1 aromatic heterocycles. The number of aromatic nitrogens is 1. The molecule has 0 unspecified atom stereocenters. The number of benzene rings is 4. The molecule has 4 aromatic carbocycles. The van der Waals surface area contributed by atoms with Crippen molar-refractivity contribution in [3.05, 3.63) is 102 Å². The molecule has 1 heterocycles. The summed E-state index contributed by atoms with van der Waals surface area (Å²) in [6, 6.07) is 31.8. The summed E-state index contributed by atoms with van der Waals surface area (Å²) in [7, 11) is 0. The quantitative estimate of drug-likeness (QED) is 0.233. The average Bonchev–Trinajstić information content (AvgIpc) is 3.15. The lowest BCUT2D eigenvalue weighted by Gasteiger charge is -2.28. The largest absolute Gasteiger partial charge is 0.309 e. The molecule has 0 saturated heterocycles. The van der Waals surface area contributed by atoms with Crippen molar-refractivity contribution in [2.75, 3.05) is 0 Å². The Morgan fingerprint density at radius 2 is 1.11 bits per heavy atom. The molecular formula is C36H41N. The molecule has 37 heavy (non-hydrogen) atoms. The molecule has 0 N–H and O–H groups in total. The van der Waals surface area contributed by atoms with Crippen LogP contribution in [0.25, 0.3) is 38.6 Å². The Labute approximate surface area is 223 Å². The minimum Gasteiger partial charge on any atom is -0.309 e. The van der Waals surface area contributed by atoms with Gasteiger partial charge in [-0.25, -0.2) is 0 Å². The van der Waals surface area contributed by atoms with Gasteiger partial charge in [0.05, 0.1) is 16.7 Å². The van der Waals surface area contributed by atoms with Gasteiger partial charge in [0.2, 0.25) is 0 Å². The van der Waals surface area contributed by atoms with Gasteiger partial charge in [-0.15, -0.1) is 0 Å². The maximum atomic E-state index is 2.53. The highest BCUT2D eigenvalue weighted by molar-refractivity contribution is 6.10. The van der Waals surface area contributed by atoms with E-state index in [1.54, 1.807) is 0 Å². The van der Waals surface area contributed by atoms with Crippen LogP contribution < -0.4 is 0 Å². The SMILES string of the molecule is CC(C)(C)c1ccc2c(c1)c1ccc(C(C)(C)C)cc1n2-c1cccc(-c2ccccc2)c1C(C)(C)C. The van der Waals surface area contributed by atoms with Gasteiger partial charge in [0.25, 0.3) is 0 Å². The van der Waals surface area contributed by atoms with Crippen LogP contribution in [0.4, 0.5) is 0 Å². The Morgan fingerprint density at radius 3 is 1.73 bits per heavy atom. The molecule has 0 aliphatic heterocycles. The Hall–Kier alpha value is -3.32.